The Kier molecular flexibility index (Phi) is 7.95. The van der Waals surface area contributed by atoms with Crippen molar-refractivity contribution in [1.82, 2.24) is 5.32 Å². The van der Waals surface area contributed by atoms with E-state index in [-0.39, 0.29) is 19.7 Å². The highest BCUT2D eigenvalue weighted by Crippen LogP contribution is 2.29. The van der Waals surface area contributed by atoms with Crippen LogP contribution in [0.25, 0.3) is 0 Å². The molecule has 0 spiro atoms. The van der Waals surface area contributed by atoms with Crippen LogP contribution in [0.15, 0.2) is 48.5 Å². The molecule has 0 bridgehead atoms. The summed E-state index contributed by atoms with van der Waals surface area (Å²) in [6, 6.07) is 13.5. The van der Waals surface area contributed by atoms with Gasteiger partial charge in [0.2, 0.25) is 15.9 Å². The van der Waals surface area contributed by atoms with Crippen LogP contribution >= 0.6 is 11.6 Å². The number of ether oxygens (including phenoxy) is 2. The monoisotopic (exact) mass is 426 g/mol. The standard InChI is InChI=1S/C19H23ClN2O5S/c1-3-26-18-7-5-4-6-17(18)22(28(2,24)25)14-19(23)21-12-13-27-16-10-8-15(20)9-11-16/h4-11H,3,12-14H2,1-2H3,(H,21,23). The molecular formula is C19H23ClN2O5S. The van der Waals surface area contributed by atoms with Gasteiger partial charge in [-0.1, -0.05) is 23.7 Å². The molecule has 0 heterocycles. The average molecular weight is 427 g/mol. The molecule has 0 aliphatic heterocycles. The summed E-state index contributed by atoms with van der Waals surface area (Å²) < 4.78 is 36.4. The molecule has 0 saturated heterocycles. The fourth-order valence-corrected chi connectivity index (χ4v) is 3.38. The summed E-state index contributed by atoms with van der Waals surface area (Å²) in [5.41, 5.74) is 0.319. The SMILES string of the molecule is CCOc1ccccc1N(CC(=O)NCCOc1ccc(Cl)cc1)S(C)(=O)=O. The molecule has 0 radical (unpaired) electrons. The number of hydrogen-bond acceptors (Lipinski definition) is 5. The summed E-state index contributed by atoms with van der Waals surface area (Å²) in [6.45, 7) is 2.29. The molecule has 0 atom stereocenters. The topological polar surface area (TPSA) is 84.9 Å². The van der Waals surface area contributed by atoms with Crippen LogP contribution in [0.1, 0.15) is 6.92 Å². The predicted molar refractivity (Wildman–Crippen MR) is 110 cm³/mol. The summed E-state index contributed by atoms with van der Waals surface area (Å²) in [5, 5.41) is 3.26. The Morgan fingerprint density at radius 2 is 1.79 bits per heavy atom. The molecular weight excluding hydrogens is 404 g/mol. The van der Waals surface area contributed by atoms with Crippen molar-refractivity contribution in [3.8, 4) is 11.5 Å². The van der Waals surface area contributed by atoms with Gasteiger partial charge in [-0.25, -0.2) is 8.42 Å². The van der Waals surface area contributed by atoms with Crippen molar-refractivity contribution in [2.75, 3.05) is 36.9 Å². The van der Waals surface area contributed by atoms with Gasteiger partial charge in [-0.15, -0.1) is 0 Å². The highest BCUT2D eigenvalue weighted by molar-refractivity contribution is 7.92. The van der Waals surface area contributed by atoms with Gasteiger partial charge in [0.05, 0.1) is 25.1 Å². The molecule has 9 heteroatoms. The van der Waals surface area contributed by atoms with Gasteiger partial charge >= 0.3 is 0 Å². The molecule has 152 valence electrons. The zero-order chi connectivity index (χ0) is 20.6. The summed E-state index contributed by atoms with van der Waals surface area (Å²) in [7, 11) is -3.68. The Labute approximate surface area is 170 Å². The lowest BCUT2D eigenvalue weighted by Crippen LogP contribution is -2.41. The van der Waals surface area contributed by atoms with Crippen LogP contribution in [0.3, 0.4) is 0 Å². The van der Waals surface area contributed by atoms with E-state index in [0.717, 1.165) is 10.6 Å². The molecule has 2 aromatic rings. The second kappa shape index (κ2) is 10.2. The number of nitrogens with zero attached hydrogens (tertiary/aromatic N) is 1. The first-order valence-electron chi connectivity index (χ1n) is 8.66. The van der Waals surface area contributed by atoms with E-state index in [1.165, 1.54) is 0 Å². The summed E-state index contributed by atoms with van der Waals surface area (Å²) in [5.74, 6) is 0.577. The van der Waals surface area contributed by atoms with E-state index in [4.69, 9.17) is 21.1 Å². The fourth-order valence-electron chi connectivity index (χ4n) is 2.40. The average Bonchev–Trinajstić information content (AvgIpc) is 2.65. The lowest BCUT2D eigenvalue weighted by atomic mass is 10.3. The maximum atomic E-state index is 12.3. The number of hydrogen-bond donors (Lipinski definition) is 1. The molecule has 0 aromatic heterocycles. The normalized spacial score (nSPS) is 11.0. The number of sulfonamides is 1. The Bertz CT molecular complexity index is 887. The van der Waals surface area contributed by atoms with Gasteiger partial charge in [-0.3, -0.25) is 9.10 Å². The summed E-state index contributed by atoms with van der Waals surface area (Å²) >= 11 is 5.81. The number of nitrogens with one attached hydrogen (secondary N) is 1. The lowest BCUT2D eigenvalue weighted by molar-refractivity contribution is -0.119. The van der Waals surface area contributed by atoms with Crippen LogP contribution in [0.5, 0.6) is 11.5 Å². The van der Waals surface area contributed by atoms with Gasteiger partial charge in [0.15, 0.2) is 0 Å². The highest BCUT2D eigenvalue weighted by Gasteiger charge is 2.23. The second-order valence-electron chi connectivity index (χ2n) is 5.82. The fraction of sp³-hybridized carbons (Fsp3) is 0.316. The molecule has 0 aliphatic rings. The van der Waals surface area contributed by atoms with Crippen LogP contribution in [-0.4, -0.2) is 46.9 Å². The molecule has 0 unspecified atom stereocenters. The second-order valence-corrected chi connectivity index (χ2v) is 8.17. The van der Waals surface area contributed by atoms with Crippen LogP contribution < -0.4 is 19.1 Å². The van der Waals surface area contributed by atoms with Gasteiger partial charge in [0.25, 0.3) is 0 Å². The highest BCUT2D eigenvalue weighted by atomic mass is 35.5. The minimum absolute atomic E-state index is 0.228. The molecule has 0 fully saturated rings. The maximum absolute atomic E-state index is 12.3. The molecule has 0 saturated carbocycles. The first kappa shape index (κ1) is 21.8. The predicted octanol–water partition coefficient (Wildman–Crippen LogP) is 2.70. The van der Waals surface area contributed by atoms with Crippen molar-refractivity contribution in [3.63, 3.8) is 0 Å². The van der Waals surface area contributed by atoms with E-state index >= 15 is 0 Å². The van der Waals surface area contributed by atoms with Gasteiger partial charge in [-0.05, 0) is 43.3 Å². The largest absolute Gasteiger partial charge is 0.492 e. The van der Waals surface area contributed by atoms with E-state index in [1.807, 2.05) is 0 Å². The Morgan fingerprint density at radius 1 is 1.11 bits per heavy atom. The third kappa shape index (κ3) is 6.61. The molecule has 2 rings (SSSR count). The number of benzene rings is 2. The van der Waals surface area contributed by atoms with Crippen LogP contribution in [0, 0.1) is 0 Å². The van der Waals surface area contributed by atoms with Crippen molar-refractivity contribution in [2.24, 2.45) is 0 Å². The number of carbonyl (C=O) groups excluding carboxylic acids is 1. The number of para-hydroxylation sites is 2. The minimum Gasteiger partial charge on any atom is -0.492 e. The van der Waals surface area contributed by atoms with E-state index < -0.39 is 15.9 Å². The van der Waals surface area contributed by atoms with Crippen LogP contribution in [-0.2, 0) is 14.8 Å². The maximum Gasteiger partial charge on any atom is 0.240 e. The molecule has 2 aromatic carbocycles. The Balaban J connectivity index is 1.95. The van der Waals surface area contributed by atoms with Gasteiger partial charge in [-0.2, -0.15) is 0 Å². The number of amides is 1. The number of anilines is 1. The number of carbonyl (C=O) groups is 1. The Morgan fingerprint density at radius 3 is 2.43 bits per heavy atom. The van der Waals surface area contributed by atoms with Gasteiger partial charge in [0, 0.05) is 5.02 Å². The quantitative estimate of drug-likeness (QED) is 0.590. The first-order valence-corrected chi connectivity index (χ1v) is 10.9. The zero-order valence-electron chi connectivity index (χ0n) is 15.7. The van der Waals surface area contributed by atoms with Crippen molar-refractivity contribution >= 4 is 33.2 Å². The van der Waals surface area contributed by atoms with E-state index in [0.29, 0.717) is 28.8 Å². The van der Waals surface area contributed by atoms with Gasteiger partial charge in [0.1, 0.15) is 24.7 Å². The molecule has 28 heavy (non-hydrogen) atoms. The van der Waals surface area contributed by atoms with Crippen molar-refractivity contribution in [1.29, 1.82) is 0 Å². The molecule has 0 aliphatic carbocycles. The van der Waals surface area contributed by atoms with Crippen LogP contribution in [0.4, 0.5) is 5.69 Å². The lowest BCUT2D eigenvalue weighted by Gasteiger charge is -2.24. The first-order chi connectivity index (χ1) is 13.3. The third-order valence-electron chi connectivity index (χ3n) is 3.63. The number of halogens is 1. The minimum atomic E-state index is -3.68. The number of rotatable bonds is 10. The third-order valence-corrected chi connectivity index (χ3v) is 5.01. The van der Waals surface area contributed by atoms with Gasteiger partial charge < -0.3 is 14.8 Å². The van der Waals surface area contributed by atoms with Crippen molar-refractivity contribution in [3.05, 3.63) is 53.6 Å². The zero-order valence-corrected chi connectivity index (χ0v) is 17.3. The molecule has 7 nitrogen and oxygen atoms in total. The smallest absolute Gasteiger partial charge is 0.240 e. The van der Waals surface area contributed by atoms with E-state index in [9.17, 15) is 13.2 Å². The summed E-state index contributed by atoms with van der Waals surface area (Å²) in [4.78, 5) is 12.3. The van der Waals surface area contributed by atoms with Crippen molar-refractivity contribution < 1.29 is 22.7 Å². The Hall–Kier alpha value is -2.45. The summed E-state index contributed by atoms with van der Waals surface area (Å²) in [6.07, 6.45) is 1.05. The van der Waals surface area contributed by atoms with E-state index in [1.54, 1.807) is 55.5 Å². The van der Waals surface area contributed by atoms with E-state index in [2.05, 4.69) is 5.32 Å². The molecule has 1 N–H and O–H groups in total. The van der Waals surface area contributed by atoms with Crippen LogP contribution in [0.2, 0.25) is 5.02 Å². The van der Waals surface area contributed by atoms with Crippen molar-refractivity contribution in [2.45, 2.75) is 6.92 Å². The molecule has 1 amide bonds.